The largest absolute Gasteiger partial charge is 0.393 e. The van der Waals surface area contributed by atoms with Crippen LogP contribution in [0.1, 0.15) is 18.9 Å². The van der Waals surface area contributed by atoms with Gasteiger partial charge in [-0.05, 0) is 31.5 Å². The molecule has 1 fully saturated rings. The smallest absolute Gasteiger partial charge is 0.127 e. The summed E-state index contributed by atoms with van der Waals surface area (Å²) in [6.07, 6.45) is 0.900. The zero-order chi connectivity index (χ0) is 13.1. The van der Waals surface area contributed by atoms with Crippen LogP contribution in [0.15, 0.2) is 18.2 Å². The Labute approximate surface area is 112 Å². The normalized spacial score (nSPS) is 25.3. The molecule has 0 bridgehead atoms. The van der Waals surface area contributed by atoms with E-state index < -0.39 is 0 Å². The monoisotopic (exact) mass is 271 g/mol. The van der Waals surface area contributed by atoms with Crippen molar-refractivity contribution >= 4 is 11.6 Å². The van der Waals surface area contributed by atoms with Crippen LogP contribution in [-0.2, 0) is 6.42 Å². The first-order valence-corrected chi connectivity index (χ1v) is 6.83. The van der Waals surface area contributed by atoms with Gasteiger partial charge in [-0.3, -0.25) is 0 Å². The molecule has 2 rings (SSSR count). The summed E-state index contributed by atoms with van der Waals surface area (Å²) in [5.41, 5.74) is 0.529. The maximum absolute atomic E-state index is 13.7. The van der Waals surface area contributed by atoms with E-state index in [-0.39, 0.29) is 17.8 Å². The second-order valence-corrected chi connectivity index (χ2v) is 5.32. The highest BCUT2D eigenvalue weighted by Crippen LogP contribution is 2.26. The van der Waals surface area contributed by atoms with Gasteiger partial charge in [-0.2, -0.15) is 0 Å². The average Bonchev–Trinajstić information content (AvgIpc) is 2.36. The Balaban J connectivity index is 2.12. The number of benzene rings is 1. The molecule has 1 saturated heterocycles. The fourth-order valence-electron chi connectivity index (χ4n) is 2.57. The van der Waals surface area contributed by atoms with E-state index in [1.165, 1.54) is 6.07 Å². The highest BCUT2D eigenvalue weighted by Gasteiger charge is 2.28. The lowest BCUT2D eigenvalue weighted by atomic mass is 9.88. The van der Waals surface area contributed by atoms with E-state index in [0.717, 1.165) is 26.1 Å². The van der Waals surface area contributed by atoms with Crippen LogP contribution < -0.4 is 0 Å². The molecule has 0 radical (unpaired) electrons. The van der Waals surface area contributed by atoms with Gasteiger partial charge in [0.1, 0.15) is 5.82 Å². The molecular formula is C14H19ClFNO. The Morgan fingerprint density at radius 1 is 1.50 bits per heavy atom. The summed E-state index contributed by atoms with van der Waals surface area (Å²) in [6.45, 7) is 4.79. The quantitative estimate of drug-likeness (QED) is 0.914. The van der Waals surface area contributed by atoms with Gasteiger partial charge in [0, 0.05) is 29.6 Å². The fourth-order valence-corrected chi connectivity index (χ4v) is 2.81. The summed E-state index contributed by atoms with van der Waals surface area (Å²) in [5, 5.41) is 10.5. The first-order valence-electron chi connectivity index (χ1n) is 6.45. The van der Waals surface area contributed by atoms with E-state index >= 15 is 0 Å². The molecule has 0 amide bonds. The van der Waals surface area contributed by atoms with Gasteiger partial charge in [0.25, 0.3) is 0 Å². The molecule has 100 valence electrons. The number of nitrogens with zero attached hydrogens (tertiary/aromatic N) is 1. The second kappa shape index (κ2) is 6.00. The third-order valence-corrected chi connectivity index (χ3v) is 4.11. The molecule has 1 aliphatic rings. The Morgan fingerprint density at radius 2 is 2.28 bits per heavy atom. The van der Waals surface area contributed by atoms with Gasteiger partial charge in [-0.15, -0.1) is 0 Å². The molecule has 4 heteroatoms. The van der Waals surface area contributed by atoms with Gasteiger partial charge in [0.05, 0.1) is 6.10 Å². The van der Waals surface area contributed by atoms with Gasteiger partial charge in [-0.1, -0.05) is 24.6 Å². The van der Waals surface area contributed by atoms with Crippen LogP contribution in [-0.4, -0.2) is 35.7 Å². The first kappa shape index (κ1) is 13.8. The molecular weight excluding hydrogens is 253 g/mol. The van der Waals surface area contributed by atoms with Crippen molar-refractivity contribution in [2.24, 2.45) is 5.92 Å². The van der Waals surface area contributed by atoms with Crippen molar-refractivity contribution in [3.8, 4) is 0 Å². The van der Waals surface area contributed by atoms with E-state index in [4.69, 9.17) is 11.6 Å². The summed E-state index contributed by atoms with van der Waals surface area (Å²) >= 11 is 6.03. The third-order valence-electron chi connectivity index (χ3n) is 3.75. The number of rotatable bonds is 3. The molecule has 0 aliphatic carbocycles. The summed E-state index contributed by atoms with van der Waals surface area (Å²) in [4.78, 5) is 2.28. The third kappa shape index (κ3) is 3.02. The number of likely N-dealkylation sites (tertiary alicyclic amines) is 1. The standard InChI is InChI=1S/C14H19ClFNO/c1-2-17-7-6-14(18)10(9-17)8-11-12(15)4-3-5-13(11)16/h3-5,10,14,18H,2,6-9H2,1H3. The molecule has 0 spiro atoms. The summed E-state index contributed by atoms with van der Waals surface area (Å²) in [5.74, 6) is -0.212. The number of hydrogen-bond donors (Lipinski definition) is 1. The van der Waals surface area contributed by atoms with Crippen molar-refractivity contribution < 1.29 is 9.50 Å². The summed E-state index contributed by atoms with van der Waals surface area (Å²) in [7, 11) is 0. The molecule has 1 aromatic carbocycles. The highest BCUT2D eigenvalue weighted by molar-refractivity contribution is 6.31. The Bertz CT molecular complexity index is 393. The predicted molar refractivity (Wildman–Crippen MR) is 71.3 cm³/mol. The average molecular weight is 272 g/mol. The van der Waals surface area contributed by atoms with Crippen molar-refractivity contribution in [2.75, 3.05) is 19.6 Å². The minimum atomic E-state index is -0.358. The lowest BCUT2D eigenvalue weighted by Gasteiger charge is -2.35. The molecule has 1 heterocycles. The minimum absolute atomic E-state index is 0.0631. The number of aliphatic hydroxyl groups excluding tert-OH is 1. The molecule has 2 nitrogen and oxygen atoms in total. The molecule has 1 aliphatic heterocycles. The van der Waals surface area contributed by atoms with Gasteiger partial charge in [0.15, 0.2) is 0 Å². The highest BCUT2D eigenvalue weighted by atomic mass is 35.5. The second-order valence-electron chi connectivity index (χ2n) is 4.91. The van der Waals surface area contributed by atoms with Crippen LogP contribution in [0.3, 0.4) is 0 Å². The van der Waals surface area contributed by atoms with Crippen LogP contribution in [0.2, 0.25) is 5.02 Å². The Morgan fingerprint density at radius 3 is 2.94 bits per heavy atom. The predicted octanol–water partition coefficient (Wildman–Crippen LogP) is 2.72. The molecule has 2 atom stereocenters. The van der Waals surface area contributed by atoms with Crippen LogP contribution >= 0.6 is 11.6 Å². The van der Waals surface area contributed by atoms with E-state index in [1.54, 1.807) is 12.1 Å². The van der Waals surface area contributed by atoms with Crippen molar-refractivity contribution in [3.63, 3.8) is 0 Å². The first-order chi connectivity index (χ1) is 8.61. The molecule has 0 aromatic heterocycles. The van der Waals surface area contributed by atoms with E-state index in [9.17, 15) is 9.50 Å². The number of piperidine rings is 1. The van der Waals surface area contributed by atoms with E-state index in [2.05, 4.69) is 11.8 Å². The molecule has 1 aromatic rings. The van der Waals surface area contributed by atoms with Gasteiger partial charge < -0.3 is 10.0 Å². The van der Waals surface area contributed by atoms with Crippen LogP contribution in [0.25, 0.3) is 0 Å². The maximum atomic E-state index is 13.7. The molecule has 1 N–H and O–H groups in total. The molecule has 2 unspecified atom stereocenters. The van der Waals surface area contributed by atoms with Crippen LogP contribution in [0, 0.1) is 11.7 Å². The lowest BCUT2D eigenvalue weighted by molar-refractivity contribution is 0.0287. The number of hydrogen-bond acceptors (Lipinski definition) is 2. The fraction of sp³-hybridized carbons (Fsp3) is 0.571. The summed E-state index contributed by atoms with van der Waals surface area (Å²) in [6, 6.07) is 4.73. The van der Waals surface area contributed by atoms with E-state index in [0.29, 0.717) is 17.0 Å². The number of halogens is 2. The van der Waals surface area contributed by atoms with Crippen LogP contribution in [0.5, 0.6) is 0 Å². The van der Waals surface area contributed by atoms with Crippen molar-refractivity contribution in [1.29, 1.82) is 0 Å². The molecule has 0 saturated carbocycles. The van der Waals surface area contributed by atoms with Crippen molar-refractivity contribution in [2.45, 2.75) is 25.9 Å². The zero-order valence-corrected chi connectivity index (χ0v) is 11.3. The topological polar surface area (TPSA) is 23.5 Å². The Kier molecular flexibility index (Phi) is 4.60. The van der Waals surface area contributed by atoms with Gasteiger partial charge >= 0.3 is 0 Å². The minimum Gasteiger partial charge on any atom is -0.393 e. The number of aliphatic hydroxyl groups is 1. The van der Waals surface area contributed by atoms with Crippen molar-refractivity contribution in [1.82, 2.24) is 4.90 Å². The van der Waals surface area contributed by atoms with Crippen molar-refractivity contribution in [3.05, 3.63) is 34.6 Å². The molecule has 18 heavy (non-hydrogen) atoms. The van der Waals surface area contributed by atoms with Crippen LogP contribution in [0.4, 0.5) is 4.39 Å². The summed E-state index contributed by atoms with van der Waals surface area (Å²) < 4.78 is 13.7. The lowest BCUT2D eigenvalue weighted by Crippen LogP contribution is -2.43. The Hall–Kier alpha value is -0.640. The SMILES string of the molecule is CCN1CCC(O)C(Cc2c(F)cccc2Cl)C1. The zero-order valence-electron chi connectivity index (χ0n) is 10.6. The van der Waals surface area contributed by atoms with Gasteiger partial charge in [-0.25, -0.2) is 4.39 Å². The maximum Gasteiger partial charge on any atom is 0.127 e. The van der Waals surface area contributed by atoms with Gasteiger partial charge in [0.2, 0.25) is 0 Å². The van der Waals surface area contributed by atoms with E-state index in [1.807, 2.05) is 0 Å².